The van der Waals surface area contributed by atoms with Crippen LogP contribution in [0, 0.1) is 142 Å². The van der Waals surface area contributed by atoms with Gasteiger partial charge in [0.15, 0.2) is 0 Å². The standard InChI is InChI=1S/C18H32.C18H30.C17H30.C16H28.C16H26.C15H26.12H2/c1-3-4-5-6-16-9-13-18(14-10-16)17-11-7-15(2)8-12-17;1-3-5-15-7-11-17(12-8-15)18-13-9-16(6-4-2)10-14-18;1-3-4-5-15-8-12-17(13-9-15)16-10-6-14(2)7-11-16;1-3-4-14-7-11-16(12-8-14)15-9-5-13(2)6-10-15;1-3-13-5-9-15(10-6-13)16-11-7-14(4-2)8-12-16;1-3-13-6-10-15(11-7-13)14-8-4-12(2)5-9-14;;;;;;;;;;;;/h3-4,15-18H,5-14H2,1-2H3;3-6,15-18H,7-14H2,1-2H3;3,14-17H,1,4-13H2,2H3;3-4,13-16H,5-12H2,1-2H3;3-4,13-16H,1-2,5-12H2;3,12-15H,1,4-11H2,2H3;12*1H/b4-3+;5-3+,6-4+;;4-3+;;;;;;;;;;;;;;. The van der Waals surface area contributed by atoms with Crippen LogP contribution in [0.3, 0.4) is 0 Å². The number of hydrogen-bond donors (Lipinski definition) is 0. The molecule has 596 valence electrons. The van der Waals surface area contributed by atoms with Crippen molar-refractivity contribution in [3.63, 3.8) is 0 Å². The second-order valence-corrected chi connectivity index (χ2v) is 38.0. The van der Waals surface area contributed by atoms with Crippen molar-refractivity contribution in [2.75, 3.05) is 0 Å². The van der Waals surface area contributed by atoms with Crippen molar-refractivity contribution < 1.29 is 17.1 Å². The third-order valence-electron chi connectivity index (χ3n) is 31.1. The molecule has 12 aliphatic rings. The molecule has 0 heterocycles. The maximum atomic E-state index is 3.93. The van der Waals surface area contributed by atoms with Gasteiger partial charge in [0.2, 0.25) is 0 Å². The summed E-state index contributed by atoms with van der Waals surface area (Å²) in [6, 6.07) is 0. The van der Waals surface area contributed by atoms with Gasteiger partial charge in [-0.15, -0.1) is 26.3 Å². The summed E-state index contributed by atoms with van der Waals surface area (Å²) in [5.74, 6) is 24.1. The van der Waals surface area contributed by atoms with Gasteiger partial charge in [-0.25, -0.2) is 0 Å². The summed E-state index contributed by atoms with van der Waals surface area (Å²) in [5, 5.41) is 0. The lowest BCUT2D eigenvalue weighted by molar-refractivity contribution is 0.148. The highest BCUT2D eigenvalue weighted by Crippen LogP contribution is 2.48. The van der Waals surface area contributed by atoms with E-state index in [2.05, 4.69) is 155 Å². The van der Waals surface area contributed by atoms with E-state index in [4.69, 9.17) is 0 Å². The van der Waals surface area contributed by atoms with Gasteiger partial charge in [-0.2, -0.15) is 0 Å². The van der Waals surface area contributed by atoms with Crippen molar-refractivity contribution in [1.29, 1.82) is 0 Å². The quantitative estimate of drug-likeness (QED) is 0.120. The summed E-state index contributed by atoms with van der Waals surface area (Å²) >= 11 is 0. The van der Waals surface area contributed by atoms with Gasteiger partial charge in [-0.3, -0.25) is 0 Å². The smallest absolute Gasteiger partial charge is 0 e. The van der Waals surface area contributed by atoms with Crippen LogP contribution < -0.4 is 0 Å². The van der Waals surface area contributed by atoms with Gasteiger partial charge in [0, 0.05) is 17.1 Å². The molecule has 0 amide bonds. The number of rotatable bonds is 18. The minimum absolute atomic E-state index is 0. The van der Waals surface area contributed by atoms with Crippen LogP contribution in [-0.2, 0) is 0 Å². The van der Waals surface area contributed by atoms with Crippen molar-refractivity contribution in [1.82, 2.24) is 0 Å². The van der Waals surface area contributed by atoms with Crippen molar-refractivity contribution in [3.8, 4) is 0 Å². The minimum atomic E-state index is 0. The van der Waals surface area contributed by atoms with Crippen molar-refractivity contribution in [2.45, 2.75) is 389 Å². The normalized spacial score (nSPS) is 39.8. The largest absolute Gasteiger partial charge is 0.103 e. The van der Waals surface area contributed by atoms with Crippen LogP contribution in [0.1, 0.15) is 406 Å². The Morgan fingerprint density at radius 2 is 0.400 bits per heavy atom. The average Bonchev–Trinajstić information content (AvgIpc) is 0.895. The fraction of sp³-hybridized carbons (Fsp3) is 0.840. The van der Waals surface area contributed by atoms with Crippen LogP contribution in [-0.4, -0.2) is 0 Å². The van der Waals surface area contributed by atoms with E-state index < -0.39 is 0 Å². The average molecular weight is 1400 g/mol. The summed E-state index contributed by atoms with van der Waals surface area (Å²) in [5.41, 5.74) is 0. The summed E-state index contributed by atoms with van der Waals surface area (Å²) in [4.78, 5) is 0. The van der Waals surface area contributed by atoms with E-state index in [0.717, 1.165) is 142 Å². The van der Waals surface area contributed by atoms with Gasteiger partial charge in [0.1, 0.15) is 0 Å². The first-order valence-electron chi connectivity index (χ1n) is 45.8. The van der Waals surface area contributed by atoms with Crippen molar-refractivity contribution in [2.24, 2.45) is 142 Å². The molecule has 0 spiro atoms. The second-order valence-electron chi connectivity index (χ2n) is 38.0. The Hall–Kier alpha value is -2.08. The zero-order valence-corrected chi connectivity index (χ0v) is 68.4. The van der Waals surface area contributed by atoms with Gasteiger partial charge in [-0.1, -0.05) is 178 Å². The third-order valence-corrected chi connectivity index (χ3v) is 31.1. The highest BCUT2D eigenvalue weighted by atomic mass is 14.4. The predicted molar refractivity (Wildman–Crippen MR) is 472 cm³/mol. The Kier molecular flexibility index (Phi) is 42.3. The van der Waals surface area contributed by atoms with E-state index in [0.29, 0.717) is 0 Å². The molecular weight excluding hydrogens is 1200 g/mol. The van der Waals surface area contributed by atoms with Gasteiger partial charge in [0.25, 0.3) is 0 Å². The Morgan fingerprint density at radius 3 is 0.580 bits per heavy atom. The molecule has 12 fully saturated rings. The summed E-state index contributed by atoms with van der Waals surface area (Å²) in [6.07, 6.45) is 104. The van der Waals surface area contributed by atoms with Gasteiger partial charge >= 0.3 is 0 Å². The van der Waals surface area contributed by atoms with E-state index in [1.807, 2.05) is 0 Å². The van der Waals surface area contributed by atoms with E-state index in [-0.39, 0.29) is 17.1 Å². The Morgan fingerprint density at radius 1 is 0.220 bits per heavy atom. The van der Waals surface area contributed by atoms with Gasteiger partial charge < -0.3 is 0 Å². The lowest BCUT2D eigenvalue weighted by atomic mass is 9.69. The van der Waals surface area contributed by atoms with Crippen LogP contribution in [0.25, 0.3) is 0 Å². The lowest BCUT2D eigenvalue weighted by Crippen LogP contribution is -2.25. The molecule has 12 aliphatic carbocycles. The molecule has 0 aliphatic heterocycles. The summed E-state index contributed by atoms with van der Waals surface area (Å²) < 4.78 is 0. The Bertz CT molecular complexity index is 2150. The third kappa shape index (κ3) is 31.4. The Labute approximate surface area is 644 Å². The van der Waals surface area contributed by atoms with Crippen LogP contribution >= 0.6 is 0 Å². The fourth-order valence-electron chi connectivity index (χ4n) is 23.6. The molecule has 0 saturated heterocycles. The Balaban J connectivity index is -0.000000295. The highest BCUT2D eigenvalue weighted by Gasteiger charge is 2.36. The molecule has 12 rings (SSSR count). The first-order valence-corrected chi connectivity index (χ1v) is 45.8. The molecule has 0 heteroatoms. The zero-order chi connectivity index (χ0) is 71.1. The molecule has 0 nitrogen and oxygen atoms in total. The molecule has 12 saturated carbocycles. The molecule has 0 aromatic carbocycles. The summed E-state index contributed by atoms with van der Waals surface area (Å²) in [7, 11) is 0. The van der Waals surface area contributed by atoms with Crippen LogP contribution in [0.4, 0.5) is 0 Å². The molecule has 0 unspecified atom stereocenters. The molecule has 0 radical (unpaired) electrons. The maximum Gasteiger partial charge on any atom is 0 e. The second kappa shape index (κ2) is 49.7. The zero-order valence-electron chi connectivity index (χ0n) is 68.4. The molecule has 0 N–H and O–H groups in total. The molecule has 100 heavy (non-hydrogen) atoms. The SMILES string of the molecule is C/C=C/C1CCC(C2CCC(/C=C/C)CC2)CC1.C/C=C/C1CCC(C2CCC(C)CC2)CC1.C/C=C/CCC1CCC(C2CCC(C)CC2)CC1.C=CC1CCC(C2CCC(C)CC2)CC1.C=CC1CCC(C2CCC(C=C)CC2)CC1.C=CCCC1CCC(C2CCC(C)CC2)CC1.[HH].[HH].[HH].[HH].[HH].[HH].[HH].[HH].[HH].[HH].[HH].[HH]. The van der Waals surface area contributed by atoms with Crippen LogP contribution in [0.2, 0.25) is 0 Å². The van der Waals surface area contributed by atoms with E-state index >= 15 is 0 Å². The topological polar surface area (TPSA) is 0 Å². The fourth-order valence-corrected chi connectivity index (χ4v) is 23.6. The lowest BCUT2D eigenvalue weighted by Gasteiger charge is -2.37. The monoisotopic (exact) mass is 1400 g/mol. The summed E-state index contributed by atoms with van der Waals surface area (Å²) in [6.45, 7) is 34.0. The predicted octanol–water partition coefficient (Wildman–Crippen LogP) is 35.2. The van der Waals surface area contributed by atoms with Crippen LogP contribution in [0.15, 0.2) is 99.2 Å². The maximum absolute atomic E-state index is 3.93. The number of hydrogen-bond acceptors (Lipinski definition) is 0. The first kappa shape index (κ1) is 85.2. The molecular formula is C100H196. The van der Waals surface area contributed by atoms with Crippen LogP contribution in [0.5, 0.6) is 0 Å². The van der Waals surface area contributed by atoms with E-state index in [9.17, 15) is 0 Å². The highest BCUT2D eigenvalue weighted by molar-refractivity contribution is 4.96. The van der Waals surface area contributed by atoms with Gasteiger partial charge in [0.05, 0.1) is 0 Å². The number of allylic oxidation sites excluding steroid dienone is 12. The first-order chi connectivity index (χ1) is 48.8. The molecule has 0 bridgehead atoms. The van der Waals surface area contributed by atoms with Crippen molar-refractivity contribution in [3.05, 3.63) is 99.2 Å². The van der Waals surface area contributed by atoms with Gasteiger partial charge in [-0.05, 0) is 427 Å². The van der Waals surface area contributed by atoms with Crippen molar-refractivity contribution >= 4 is 0 Å². The van der Waals surface area contributed by atoms with E-state index in [1.54, 1.807) is 12.8 Å². The molecule has 0 atom stereocenters. The molecule has 0 aromatic heterocycles. The molecule has 0 aromatic rings. The minimum Gasteiger partial charge on any atom is -0.103 e. The van der Waals surface area contributed by atoms with E-state index in [1.165, 1.54) is 321 Å².